The van der Waals surface area contributed by atoms with Gasteiger partial charge in [-0.15, -0.1) is 0 Å². The van der Waals surface area contributed by atoms with E-state index in [0.29, 0.717) is 34.6 Å². The van der Waals surface area contributed by atoms with Gasteiger partial charge in [0.1, 0.15) is 12.3 Å². The number of rotatable bonds is 8. The van der Waals surface area contributed by atoms with Crippen LogP contribution in [0.1, 0.15) is 18.1 Å². The van der Waals surface area contributed by atoms with Gasteiger partial charge in [0.25, 0.3) is 11.1 Å². The van der Waals surface area contributed by atoms with Crippen molar-refractivity contribution in [3.63, 3.8) is 0 Å². The molecule has 5 rings (SSSR count). The molecule has 0 bridgehead atoms. The monoisotopic (exact) mass is 579 g/mol. The average molecular weight is 580 g/mol. The van der Waals surface area contributed by atoms with Crippen LogP contribution in [0.15, 0.2) is 77.8 Å². The molecule has 10 heteroatoms. The van der Waals surface area contributed by atoms with Crippen molar-refractivity contribution in [1.29, 1.82) is 0 Å². The minimum atomic E-state index is -0.510. The van der Waals surface area contributed by atoms with E-state index in [2.05, 4.69) is 5.32 Å². The molecule has 2 heterocycles. The van der Waals surface area contributed by atoms with Crippen LogP contribution in [0, 0.1) is 0 Å². The second kappa shape index (κ2) is 11.6. The molecule has 1 aliphatic heterocycles. The molecule has 3 aromatic carbocycles. The van der Waals surface area contributed by atoms with Crippen LogP contribution in [-0.2, 0) is 16.1 Å². The number of benzene rings is 3. The first-order valence-corrected chi connectivity index (χ1v) is 13.7. The summed E-state index contributed by atoms with van der Waals surface area (Å²) < 4.78 is 7.43. The standard InChI is InChI=1S/C29H23Cl2N3O4S/c1-2-38-22-11-9-21(10-12-22)32-27(35)17-34-28(36)26(39-29(34)37)13-19-16-33(25-6-4-3-5-23(19)25)15-18-7-8-20(30)14-24(18)31/h3-14,16H,2,15,17H2,1H3,(H,32,35)/b26-13+. The Morgan fingerprint density at radius 1 is 1.05 bits per heavy atom. The molecule has 1 aromatic heterocycles. The second-order valence-corrected chi connectivity index (χ2v) is 10.6. The molecule has 0 unspecified atom stereocenters. The first kappa shape index (κ1) is 26.9. The zero-order chi connectivity index (χ0) is 27.5. The lowest BCUT2D eigenvalue weighted by atomic mass is 10.1. The first-order valence-electron chi connectivity index (χ1n) is 12.1. The van der Waals surface area contributed by atoms with Crippen LogP contribution in [0.25, 0.3) is 17.0 Å². The predicted molar refractivity (Wildman–Crippen MR) is 156 cm³/mol. The van der Waals surface area contributed by atoms with Crippen LogP contribution in [0.3, 0.4) is 0 Å². The molecule has 0 spiro atoms. The number of hydrogen-bond donors (Lipinski definition) is 1. The summed E-state index contributed by atoms with van der Waals surface area (Å²) in [4.78, 5) is 39.6. The van der Waals surface area contributed by atoms with Crippen molar-refractivity contribution in [2.45, 2.75) is 13.5 Å². The Balaban J connectivity index is 1.34. The summed E-state index contributed by atoms with van der Waals surface area (Å²) in [7, 11) is 0. The van der Waals surface area contributed by atoms with Crippen LogP contribution in [0.4, 0.5) is 10.5 Å². The van der Waals surface area contributed by atoms with Gasteiger partial charge >= 0.3 is 0 Å². The molecule has 3 amide bonds. The number of carbonyl (C=O) groups excluding carboxylic acids is 3. The molecule has 0 radical (unpaired) electrons. The number of halogens is 2. The van der Waals surface area contributed by atoms with E-state index in [0.717, 1.165) is 38.7 Å². The fraction of sp³-hybridized carbons (Fsp3) is 0.138. The van der Waals surface area contributed by atoms with Gasteiger partial charge in [0.2, 0.25) is 5.91 Å². The van der Waals surface area contributed by atoms with Gasteiger partial charge in [0, 0.05) is 44.9 Å². The van der Waals surface area contributed by atoms with Gasteiger partial charge < -0.3 is 14.6 Å². The minimum absolute atomic E-state index is 0.251. The Hall–Kier alpha value is -3.72. The molecule has 0 aliphatic carbocycles. The smallest absolute Gasteiger partial charge is 0.294 e. The summed E-state index contributed by atoms with van der Waals surface area (Å²) in [5.74, 6) is -0.298. The maximum atomic E-state index is 13.1. The zero-order valence-corrected chi connectivity index (χ0v) is 23.1. The molecular weight excluding hydrogens is 557 g/mol. The van der Waals surface area contributed by atoms with Crippen LogP contribution in [-0.4, -0.2) is 39.7 Å². The Labute approximate surface area is 239 Å². The highest BCUT2D eigenvalue weighted by Gasteiger charge is 2.36. The Morgan fingerprint density at radius 2 is 1.82 bits per heavy atom. The second-order valence-electron chi connectivity index (χ2n) is 8.74. The van der Waals surface area contributed by atoms with Crippen LogP contribution >= 0.6 is 35.0 Å². The fourth-order valence-corrected chi connectivity index (χ4v) is 5.57. The van der Waals surface area contributed by atoms with Gasteiger partial charge in [-0.1, -0.05) is 47.5 Å². The number of imide groups is 1. The number of fused-ring (bicyclic) bond motifs is 1. The zero-order valence-electron chi connectivity index (χ0n) is 20.8. The van der Waals surface area contributed by atoms with E-state index in [1.807, 2.05) is 48.0 Å². The summed E-state index contributed by atoms with van der Waals surface area (Å²) in [5.41, 5.74) is 3.16. The van der Waals surface area contributed by atoms with Gasteiger partial charge in [-0.3, -0.25) is 19.3 Å². The number of anilines is 1. The quantitative estimate of drug-likeness (QED) is 0.226. The molecule has 0 saturated carbocycles. The first-order chi connectivity index (χ1) is 18.8. The van der Waals surface area contributed by atoms with E-state index >= 15 is 0 Å². The van der Waals surface area contributed by atoms with E-state index in [-0.39, 0.29) is 11.4 Å². The van der Waals surface area contributed by atoms with Crippen LogP contribution in [0.2, 0.25) is 10.0 Å². The van der Waals surface area contributed by atoms with Gasteiger partial charge in [0.15, 0.2) is 0 Å². The largest absolute Gasteiger partial charge is 0.494 e. The molecule has 4 aromatic rings. The lowest BCUT2D eigenvalue weighted by Gasteiger charge is -2.12. The number of amides is 3. The van der Waals surface area contributed by atoms with Crippen molar-refractivity contribution in [2.24, 2.45) is 0 Å². The average Bonchev–Trinajstić information content (AvgIpc) is 3.39. The van der Waals surface area contributed by atoms with Gasteiger partial charge in [-0.25, -0.2) is 0 Å². The maximum absolute atomic E-state index is 13.1. The number of hydrogen-bond acceptors (Lipinski definition) is 5. The summed E-state index contributed by atoms with van der Waals surface area (Å²) in [6, 6.07) is 20.0. The molecule has 1 fully saturated rings. The third kappa shape index (κ3) is 5.98. The minimum Gasteiger partial charge on any atom is -0.494 e. The Morgan fingerprint density at radius 3 is 2.56 bits per heavy atom. The number of nitrogens with one attached hydrogen (secondary N) is 1. The van der Waals surface area contributed by atoms with Crippen molar-refractivity contribution in [3.8, 4) is 5.75 Å². The number of thioether (sulfide) groups is 1. The molecule has 0 atom stereocenters. The van der Waals surface area contributed by atoms with E-state index < -0.39 is 17.1 Å². The molecule has 7 nitrogen and oxygen atoms in total. The van der Waals surface area contributed by atoms with Crippen molar-refractivity contribution in [1.82, 2.24) is 9.47 Å². The summed E-state index contributed by atoms with van der Waals surface area (Å²) in [5, 5.41) is 4.26. The summed E-state index contributed by atoms with van der Waals surface area (Å²) >= 11 is 13.3. The lowest BCUT2D eigenvalue weighted by molar-refractivity contribution is -0.127. The molecule has 1 N–H and O–H groups in total. The highest BCUT2D eigenvalue weighted by atomic mass is 35.5. The molecule has 1 saturated heterocycles. The van der Waals surface area contributed by atoms with Gasteiger partial charge in [-0.2, -0.15) is 0 Å². The molecule has 39 heavy (non-hydrogen) atoms. The van der Waals surface area contributed by atoms with E-state index in [4.69, 9.17) is 27.9 Å². The Bertz CT molecular complexity index is 1610. The SMILES string of the molecule is CCOc1ccc(NC(=O)CN2C(=O)S/C(=C/c3cn(Cc4ccc(Cl)cc4Cl)c4ccccc34)C2=O)cc1. The number of para-hydroxylation sites is 1. The summed E-state index contributed by atoms with van der Waals surface area (Å²) in [6.45, 7) is 2.54. The normalized spacial score (nSPS) is 14.4. The number of ether oxygens (including phenoxy) is 1. The molecular formula is C29H23Cl2N3O4S. The van der Waals surface area contributed by atoms with E-state index in [1.165, 1.54) is 0 Å². The lowest BCUT2D eigenvalue weighted by Crippen LogP contribution is -2.36. The third-order valence-electron chi connectivity index (χ3n) is 6.09. The van der Waals surface area contributed by atoms with Crippen LogP contribution < -0.4 is 10.1 Å². The summed E-state index contributed by atoms with van der Waals surface area (Å²) in [6.07, 6.45) is 3.61. The highest BCUT2D eigenvalue weighted by Crippen LogP contribution is 2.34. The highest BCUT2D eigenvalue weighted by molar-refractivity contribution is 8.18. The van der Waals surface area contributed by atoms with E-state index in [1.54, 1.807) is 42.5 Å². The maximum Gasteiger partial charge on any atom is 0.294 e. The van der Waals surface area contributed by atoms with Crippen LogP contribution in [0.5, 0.6) is 5.75 Å². The number of nitrogens with zero attached hydrogens (tertiary/aromatic N) is 2. The molecule has 1 aliphatic rings. The Kier molecular flexibility index (Phi) is 7.97. The van der Waals surface area contributed by atoms with Gasteiger partial charge in [-0.05, 0) is 72.8 Å². The van der Waals surface area contributed by atoms with Crippen molar-refractivity contribution >= 4 is 74.7 Å². The van der Waals surface area contributed by atoms with E-state index in [9.17, 15) is 14.4 Å². The van der Waals surface area contributed by atoms with Gasteiger partial charge in [0.05, 0.1) is 11.5 Å². The predicted octanol–water partition coefficient (Wildman–Crippen LogP) is 7.07. The van der Waals surface area contributed by atoms with Crippen molar-refractivity contribution in [3.05, 3.63) is 99.0 Å². The molecule has 198 valence electrons. The fourth-order valence-electron chi connectivity index (χ4n) is 4.28. The number of carbonyl (C=O) groups is 3. The number of aromatic nitrogens is 1. The third-order valence-corrected chi connectivity index (χ3v) is 7.58. The van der Waals surface area contributed by atoms with Crippen molar-refractivity contribution in [2.75, 3.05) is 18.5 Å². The van der Waals surface area contributed by atoms with Crippen molar-refractivity contribution < 1.29 is 19.1 Å². The topological polar surface area (TPSA) is 80.6 Å².